The van der Waals surface area contributed by atoms with Crippen LogP contribution in [0, 0.1) is 0 Å². The summed E-state index contributed by atoms with van der Waals surface area (Å²) in [4.78, 5) is 1.35. The van der Waals surface area contributed by atoms with Crippen LogP contribution in [-0.2, 0) is 0 Å². The first-order chi connectivity index (χ1) is 6.77. The molecule has 2 rings (SSSR count). The van der Waals surface area contributed by atoms with Crippen LogP contribution in [0.3, 0.4) is 0 Å². The Morgan fingerprint density at radius 3 is 2.14 bits per heavy atom. The molecule has 2 N–H and O–H groups in total. The zero-order chi connectivity index (χ0) is 9.97. The molecule has 1 heterocycles. The van der Waals surface area contributed by atoms with Gasteiger partial charge in [0.1, 0.15) is 0 Å². The lowest BCUT2D eigenvalue weighted by atomic mass is 10.2. The first-order valence-electron chi connectivity index (χ1n) is 5.00. The number of rotatable bonds is 2. The van der Waals surface area contributed by atoms with Crippen molar-refractivity contribution in [2.75, 3.05) is 0 Å². The minimum atomic E-state index is 0.523. The lowest BCUT2D eigenvalue weighted by Crippen LogP contribution is -2.30. The normalized spacial score (nSPS) is 32.0. The van der Waals surface area contributed by atoms with Gasteiger partial charge in [-0.1, -0.05) is 18.2 Å². The third-order valence-corrected chi connectivity index (χ3v) is 4.17. The van der Waals surface area contributed by atoms with E-state index in [1.807, 2.05) is 11.8 Å². The average Bonchev–Trinajstić information content (AvgIpc) is 2.51. The monoisotopic (exact) mass is 208 g/mol. The average molecular weight is 208 g/mol. The van der Waals surface area contributed by atoms with E-state index in [0.29, 0.717) is 17.3 Å². The van der Waals surface area contributed by atoms with E-state index in [4.69, 9.17) is 0 Å². The fourth-order valence-electron chi connectivity index (χ4n) is 1.72. The van der Waals surface area contributed by atoms with Crippen molar-refractivity contribution in [2.24, 2.45) is 0 Å². The number of benzene rings is 1. The maximum Gasteiger partial charge on any atom is 0.0423 e. The van der Waals surface area contributed by atoms with Crippen molar-refractivity contribution in [3.63, 3.8) is 0 Å². The molecule has 3 heteroatoms. The van der Waals surface area contributed by atoms with Gasteiger partial charge in [0, 0.05) is 22.2 Å². The molecule has 0 saturated carbocycles. The molecule has 1 aliphatic rings. The molecule has 1 saturated heterocycles. The predicted molar refractivity (Wildman–Crippen MR) is 61.3 cm³/mol. The van der Waals surface area contributed by atoms with Gasteiger partial charge in [-0.25, -0.2) is 0 Å². The van der Waals surface area contributed by atoms with Gasteiger partial charge in [-0.3, -0.25) is 10.9 Å². The van der Waals surface area contributed by atoms with Crippen LogP contribution in [0.25, 0.3) is 0 Å². The lowest BCUT2D eigenvalue weighted by Gasteiger charge is -2.16. The molecule has 0 aromatic heterocycles. The van der Waals surface area contributed by atoms with Gasteiger partial charge in [0.05, 0.1) is 0 Å². The first kappa shape index (κ1) is 10.0. The topological polar surface area (TPSA) is 24.1 Å². The van der Waals surface area contributed by atoms with Gasteiger partial charge in [0.25, 0.3) is 0 Å². The molecule has 76 valence electrons. The molecule has 2 unspecified atom stereocenters. The Kier molecular flexibility index (Phi) is 3.11. The lowest BCUT2D eigenvalue weighted by molar-refractivity contribution is 0.567. The van der Waals surface area contributed by atoms with Crippen molar-refractivity contribution in [3.05, 3.63) is 30.3 Å². The van der Waals surface area contributed by atoms with E-state index in [0.717, 1.165) is 0 Å². The molecule has 2 atom stereocenters. The van der Waals surface area contributed by atoms with Crippen LogP contribution in [0.2, 0.25) is 0 Å². The molecule has 0 amide bonds. The Morgan fingerprint density at radius 2 is 1.57 bits per heavy atom. The van der Waals surface area contributed by atoms with Gasteiger partial charge in [-0.2, -0.15) is 0 Å². The molecule has 14 heavy (non-hydrogen) atoms. The third-order valence-electron chi connectivity index (χ3n) is 2.54. The second-order valence-electron chi connectivity index (χ2n) is 3.76. The van der Waals surface area contributed by atoms with Crippen LogP contribution >= 0.6 is 11.8 Å². The van der Waals surface area contributed by atoms with E-state index >= 15 is 0 Å². The number of hydrogen-bond donors (Lipinski definition) is 2. The van der Waals surface area contributed by atoms with Gasteiger partial charge in [0.15, 0.2) is 0 Å². The number of nitrogens with one attached hydrogen (secondary N) is 2. The molecular weight excluding hydrogens is 192 g/mol. The molecule has 1 fully saturated rings. The summed E-state index contributed by atoms with van der Waals surface area (Å²) in [5.74, 6) is 0. The molecule has 0 radical (unpaired) electrons. The summed E-state index contributed by atoms with van der Waals surface area (Å²) < 4.78 is 0. The Bertz CT molecular complexity index is 279. The highest BCUT2D eigenvalue weighted by atomic mass is 32.2. The summed E-state index contributed by atoms with van der Waals surface area (Å²) in [6.45, 7) is 4.44. The molecule has 2 nitrogen and oxygen atoms in total. The molecule has 1 aromatic rings. The second-order valence-corrected chi connectivity index (χ2v) is 5.01. The Labute approximate surface area is 89.4 Å². The van der Waals surface area contributed by atoms with Crippen molar-refractivity contribution in [1.29, 1.82) is 0 Å². The molecule has 0 bridgehead atoms. The fraction of sp³-hybridized carbons (Fsp3) is 0.455. The Morgan fingerprint density at radius 1 is 1.00 bits per heavy atom. The summed E-state index contributed by atoms with van der Waals surface area (Å²) in [7, 11) is 0. The summed E-state index contributed by atoms with van der Waals surface area (Å²) in [6.07, 6.45) is 0. The minimum Gasteiger partial charge on any atom is -0.254 e. The van der Waals surface area contributed by atoms with Gasteiger partial charge in [-0.05, 0) is 26.0 Å². The van der Waals surface area contributed by atoms with Crippen LogP contribution in [0.15, 0.2) is 35.2 Å². The summed E-state index contributed by atoms with van der Waals surface area (Å²) >= 11 is 1.94. The first-order valence-corrected chi connectivity index (χ1v) is 5.88. The maximum atomic E-state index is 3.27. The number of hydrogen-bond acceptors (Lipinski definition) is 3. The molecule has 1 aromatic carbocycles. The Balaban J connectivity index is 2.04. The second kappa shape index (κ2) is 4.34. The minimum absolute atomic E-state index is 0.523. The quantitative estimate of drug-likeness (QED) is 0.777. The molecule has 0 aliphatic carbocycles. The SMILES string of the molecule is CC1NNC(C)C1Sc1ccccc1. The highest BCUT2D eigenvalue weighted by Crippen LogP contribution is 2.29. The van der Waals surface area contributed by atoms with Gasteiger partial charge < -0.3 is 0 Å². The van der Waals surface area contributed by atoms with Gasteiger partial charge in [0.2, 0.25) is 0 Å². The van der Waals surface area contributed by atoms with Crippen molar-refractivity contribution in [2.45, 2.75) is 36.1 Å². The van der Waals surface area contributed by atoms with E-state index in [1.54, 1.807) is 0 Å². The van der Waals surface area contributed by atoms with Crippen molar-refractivity contribution >= 4 is 11.8 Å². The molecule has 1 aliphatic heterocycles. The van der Waals surface area contributed by atoms with E-state index in [-0.39, 0.29) is 0 Å². The van der Waals surface area contributed by atoms with E-state index < -0.39 is 0 Å². The van der Waals surface area contributed by atoms with Crippen LogP contribution in [0.5, 0.6) is 0 Å². The smallest absolute Gasteiger partial charge is 0.0423 e. The van der Waals surface area contributed by atoms with Crippen molar-refractivity contribution in [1.82, 2.24) is 10.9 Å². The van der Waals surface area contributed by atoms with Crippen LogP contribution in [-0.4, -0.2) is 17.3 Å². The predicted octanol–water partition coefficient (Wildman–Crippen LogP) is 2.03. The standard InChI is InChI=1S/C11H16N2S/c1-8-11(9(2)13-12-8)14-10-6-4-3-5-7-10/h3-9,11-13H,1-2H3. The largest absolute Gasteiger partial charge is 0.254 e. The maximum absolute atomic E-state index is 3.27. The number of hydrazine groups is 1. The Hall–Kier alpha value is -0.510. The van der Waals surface area contributed by atoms with Crippen molar-refractivity contribution < 1.29 is 0 Å². The van der Waals surface area contributed by atoms with Gasteiger partial charge >= 0.3 is 0 Å². The third kappa shape index (κ3) is 2.11. The van der Waals surface area contributed by atoms with E-state index in [1.165, 1.54) is 4.90 Å². The van der Waals surface area contributed by atoms with E-state index in [2.05, 4.69) is 55.0 Å². The highest BCUT2D eigenvalue weighted by Gasteiger charge is 2.30. The summed E-state index contributed by atoms with van der Waals surface area (Å²) in [5, 5.41) is 0.609. The number of thioether (sulfide) groups is 1. The fourth-order valence-corrected chi connectivity index (χ4v) is 2.89. The summed E-state index contributed by atoms with van der Waals surface area (Å²) in [6, 6.07) is 11.6. The summed E-state index contributed by atoms with van der Waals surface area (Å²) in [5.41, 5.74) is 6.54. The zero-order valence-electron chi connectivity index (χ0n) is 8.53. The van der Waals surface area contributed by atoms with Gasteiger partial charge in [-0.15, -0.1) is 11.8 Å². The zero-order valence-corrected chi connectivity index (χ0v) is 9.34. The molecule has 0 spiro atoms. The van der Waals surface area contributed by atoms with Crippen LogP contribution < -0.4 is 10.9 Å². The van der Waals surface area contributed by atoms with Crippen LogP contribution in [0.1, 0.15) is 13.8 Å². The van der Waals surface area contributed by atoms with Crippen LogP contribution in [0.4, 0.5) is 0 Å². The van der Waals surface area contributed by atoms with E-state index in [9.17, 15) is 0 Å². The highest BCUT2D eigenvalue weighted by molar-refractivity contribution is 8.00. The van der Waals surface area contributed by atoms with Crippen molar-refractivity contribution in [3.8, 4) is 0 Å². The molecular formula is C11H16N2S.